The molecule has 6 nitrogen and oxygen atoms in total. The number of fused-ring (bicyclic) bond motifs is 1. The number of carbonyl (C=O) groups is 2. The van der Waals surface area contributed by atoms with Crippen LogP contribution in [0, 0.1) is 0 Å². The first kappa shape index (κ1) is 23.1. The summed E-state index contributed by atoms with van der Waals surface area (Å²) in [7, 11) is -3.86. The first-order chi connectivity index (χ1) is 14.4. The third-order valence-electron chi connectivity index (χ3n) is 4.46. The molecule has 0 radical (unpaired) electrons. The number of thioether (sulfide) groups is 1. The van der Waals surface area contributed by atoms with Gasteiger partial charge in [-0.1, -0.05) is 13.0 Å². The summed E-state index contributed by atoms with van der Waals surface area (Å²) in [5, 5.41) is 5.01. The molecule has 0 unspecified atom stereocenters. The smallest absolute Gasteiger partial charge is 0.326 e. The van der Waals surface area contributed by atoms with Crippen molar-refractivity contribution in [3.05, 3.63) is 48.0 Å². The Morgan fingerprint density at radius 3 is 2.68 bits per heavy atom. The molecule has 2 aromatic carbocycles. The van der Waals surface area contributed by atoms with Gasteiger partial charge in [-0.2, -0.15) is 13.2 Å². The van der Waals surface area contributed by atoms with E-state index in [0.717, 1.165) is 23.1 Å². The lowest BCUT2D eigenvalue weighted by atomic mass is 10.2. The van der Waals surface area contributed by atoms with Gasteiger partial charge in [-0.25, -0.2) is 8.42 Å². The molecule has 1 aliphatic rings. The monoisotopic (exact) mass is 472 g/mol. The molecule has 2 amide bonds. The van der Waals surface area contributed by atoms with Crippen molar-refractivity contribution in [2.75, 3.05) is 16.4 Å². The Hall–Kier alpha value is -2.53. The molecule has 2 aromatic rings. The van der Waals surface area contributed by atoms with Gasteiger partial charge < -0.3 is 10.6 Å². The number of alkyl halides is 3. The first-order valence-electron chi connectivity index (χ1n) is 9.24. The minimum atomic E-state index is -4.55. The van der Waals surface area contributed by atoms with Crippen LogP contribution in [0.5, 0.6) is 0 Å². The minimum absolute atomic E-state index is 0.0447. The maximum Gasteiger partial charge on any atom is 0.416 e. The summed E-state index contributed by atoms with van der Waals surface area (Å²) in [6.07, 6.45) is -4.69. The third-order valence-corrected chi connectivity index (χ3v) is 7.35. The van der Waals surface area contributed by atoms with Crippen molar-refractivity contribution in [2.45, 2.75) is 41.0 Å². The second kappa shape index (κ2) is 8.91. The second-order valence-corrected chi connectivity index (χ2v) is 10.6. The Bertz CT molecular complexity index is 1120. The number of amides is 2. The van der Waals surface area contributed by atoms with Gasteiger partial charge in [-0.15, -0.1) is 11.8 Å². The van der Waals surface area contributed by atoms with Crippen LogP contribution >= 0.6 is 11.8 Å². The highest BCUT2D eigenvalue weighted by atomic mass is 32.2. The summed E-state index contributed by atoms with van der Waals surface area (Å²) in [6, 6.07) is 8.47. The zero-order valence-electron chi connectivity index (χ0n) is 16.3. The van der Waals surface area contributed by atoms with Crippen LogP contribution in [0.3, 0.4) is 0 Å². The summed E-state index contributed by atoms with van der Waals surface area (Å²) in [5.41, 5.74) is -0.595. The van der Waals surface area contributed by atoms with Gasteiger partial charge in [0.15, 0.2) is 9.84 Å². The number of hydrogen-bond acceptors (Lipinski definition) is 5. The van der Waals surface area contributed by atoms with Crippen molar-refractivity contribution >= 4 is 44.8 Å². The standard InChI is InChI=1S/C20H19F3N2O4S2/c1-12-9-19(27)25-16-11-15(5-6-17(16)30-12)31(28,29)8-7-18(26)24-14-4-2-3-13(10-14)20(21,22)23/h2-6,10-12H,7-9H2,1H3,(H,24,26)(H,25,27)/t12-/m0/s1. The van der Waals surface area contributed by atoms with Gasteiger partial charge >= 0.3 is 6.18 Å². The molecule has 1 heterocycles. The molecule has 0 aromatic heterocycles. The summed E-state index contributed by atoms with van der Waals surface area (Å²) < 4.78 is 63.6. The Morgan fingerprint density at radius 1 is 1.23 bits per heavy atom. The van der Waals surface area contributed by atoms with Crippen LogP contribution in [0.4, 0.5) is 24.5 Å². The number of sulfone groups is 1. The number of anilines is 2. The van der Waals surface area contributed by atoms with Gasteiger partial charge in [0.2, 0.25) is 11.8 Å². The average Bonchev–Trinajstić information content (AvgIpc) is 2.81. The van der Waals surface area contributed by atoms with Gasteiger partial charge in [-0.3, -0.25) is 9.59 Å². The topological polar surface area (TPSA) is 92.3 Å². The zero-order valence-corrected chi connectivity index (χ0v) is 18.0. The molecule has 0 saturated heterocycles. The van der Waals surface area contributed by atoms with Crippen molar-refractivity contribution in [2.24, 2.45) is 0 Å². The molecule has 0 saturated carbocycles. The molecule has 2 N–H and O–H groups in total. The van der Waals surface area contributed by atoms with Crippen LogP contribution in [-0.2, 0) is 25.6 Å². The Kier molecular flexibility index (Phi) is 6.65. The average molecular weight is 473 g/mol. The number of halogens is 3. The van der Waals surface area contributed by atoms with Gasteiger partial charge in [0.1, 0.15) is 0 Å². The minimum Gasteiger partial charge on any atom is -0.326 e. The Balaban J connectivity index is 1.68. The molecule has 0 aliphatic carbocycles. The van der Waals surface area contributed by atoms with Gasteiger partial charge in [-0.05, 0) is 36.4 Å². The van der Waals surface area contributed by atoms with Crippen LogP contribution in [0.2, 0.25) is 0 Å². The lowest BCUT2D eigenvalue weighted by Gasteiger charge is -2.11. The fourth-order valence-electron chi connectivity index (χ4n) is 2.97. The van der Waals surface area contributed by atoms with Crippen molar-refractivity contribution in [3.8, 4) is 0 Å². The van der Waals surface area contributed by atoms with Gasteiger partial charge in [0.25, 0.3) is 0 Å². The highest BCUT2D eigenvalue weighted by Gasteiger charge is 2.30. The molecule has 166 valence electrons. The summed E-state index contributed by atoms with van der Waals surface area (Å²) >= 11 is 1.46. The molecule has 0 fully saturated rings. The normalized spacial score (nSPS) is 16.8. The molecule has 1 atom stereocenters. The first-order valence-corrected chi connectivity index (χ1v) is 11.8. The number of benzene rings is 2. The Morgan fingerprint density at radius 2 is 1.97 bits per heavy atom. The van der Waals surface area contributed by atoms with E-state index in [0.29, 0.717) is 12.1 Å². The number of carbonyl (C=O) groups excluding carboxylic acids is 2. The van der Waals surface area contributed by atoms with E-state index >= 15 is 0 Å². The van der Waals surface area contributed by atoms with E-state index in [1.165, 1.54) is 30.0 Å². The van der Waals surface area contributed by atoms with Crippen molar-refractivity contribution in [3.63, 3.8) is 0 Å². The molecule has 3 rings (SSSR count). The van der Waals surface area contributed by atoms with E-state index in [4.69, 9.17) is 0 Å². The lowest BCUT2D eigenvalue weighted by Crippen LogP contribution is -2.18. The van der Waals surface area contributed by atoms with Crippen molar-refractivity contribution in [1.82, 2.24) is 0 Å². The summed E-state index contributed by atoms with van der Waals surface area (Å²) in [6.45, 7) is 1.90. The second-order valence-electron chi connectivity index (χ2n) is 7.03. The Labute approximate surface area is 181 Å². The summed E-state index contributed by atoms with van der Waals surface area (Å²) in [5.74, 6) is -1.47. The van der Waals surface area contributed by atoms with Crippen LogP contribution < -0.4 is 10.6 Å². The largest absolute Gasteiger partial charge is 0.416 e. The fourth-order valence-corrected chi connectivity index (χ4v) is 5.28. The van der Waals surface area contributed by atoms with E-state index in [-0.39, 0.29) is 21.7 Å². The van der Waals surface area contributed by atoms with Crippen LogP contribution in [0.15, 0.2) is 52.3 Å². The molecule has 11 heteroatoms. The fraction of sp³-hybridized carbons (Fsp3) is 0.300. The maximum absolute atomic E-state index is 12.8. The molecular formula is C20H19F3N2O4S2. The number of hydrogen-bond donors (Lipinski definition) is 2. The van der Waals surface area contributed by atoms with E-state index in [1.807, 2.05) is 6.92 Å². The van der Waals surface area contributed by atoms with Gasteiger partial charge in [0, 0.05) is 28.7 Å². The van der Waals surface area contributed by atoms with Crippen molar-refractivity contribution in [1.29, 1.82) is 0 Å². The molecule has 0 spiro atoms. The maximum atomic E-state index is 12.8. The number of nitrogens with one attached hydrogen (secondary N) is 2. The predicted molar refractivity (Wildman–Crippen MR) is 112 cm³/mol. The SMILES string of the molecule is C[C@H]1CC(=O)Nc2cc(S(=O)(=O)CCC(=O)Nc3cccc(C(F)(F)F)c3)ccc2S1. The third kappa shape index (κ3) is 6.01. The van der Waals surface area contributed by atoms with Crippen LogP contribution in [-0.4, -0.2) is 31.2 Å². The van der Waals surface area contributed by atoms with Gasteiger partial charge in [0.05, 0.1) is 21.9 Å². The predicted octanol–water partition coefficient (Wildman–Crippen LogP) is 4.33. The molecule has 0 bridgehead atoms. The van der Waals surface area contributed by atoms with E-state index in [1.54, 1.807) is 6.07 Å². The van der Waals surface area contributed by atoms with E-state index in [9.17, 15) is 31.2 Å². The molecular weight excluding hydrogens is 453 g/mol. The highest BCUT2D eigenvalue weighted by Crippen LogP contribution is 2.36. The molecule has 31 heavy (non-hydrogen) atoms. The van der Waals surface area contributed by atoms with E-state index < -0.39 is 39.7 Å². The highest BCUT2D eigenvalue weighted by molar-refractivity contribution is 8.00. The van der Waals surface area contributed by atoms with Crippen molar-refractivity contribution < 1.29 is 31.2 Å². The zero-order chi connectivity index (χ0) is 22.8. The van der Waals surface area contributed by atoms with Crippen LogP contribution in [0.1, 0.15) is 25.3 Å². The number of rotatable bonds is 5. The molecule has 1 aliphatic heterocycles. The van der Waals surface area contributed by atoms with Crippen LogP contribution in [0.25, 0.3) is 0 Å². The summed E-state index contributed by atoms with van der Waals surface area (Å²) in [4.78, 5) is 24.7. The van der Waals surface area contributed by atoms with E-state index in [2.05, 4.69) is 10.6 Å². The lowest BCUT2D eigenvalue weighted by molar-refractivity contribution is -0.137. The quantitative estimate of drug-likeness (QED) is 0.676.